The van der Waals surface area contributed by atoms with E-state index in [1.165, 1.54) is 17.0 Å². The molecule has 1 aromatic heterocycles. The van der Waals surface area contributed by atoms with E-state index in [2.05, 4.69) is 32.8 Å². The molecule has 1 heterocycles. The molecule has 0 saturated heterocycles. The van der Waals surface area contributed by atoms with Gasteiger partial charge in [0.15, 0.2) is 0 Å². The minimum atomic E-state index is -3.63. The zero-order chi connectivity index (χ0) is 15.5. The van der Waals surface area contributed by atoms with Gasteiger partial charge in [-0.05, 0) is 49.7 Å². The van der Waals surface area contributed by atoms with Crippen LogP contribution in [0.15, 0.2) is 50.9 Å². The third-order valence-electron chi connectivity index (χ3n) is 2.82. The van der Waals surface area contributed by atoms with E-state index in [0.717, 1.165) is 15.8 Å². The van der Waals surface area contributed by atoms with Crippen molar-refractivity contribution < 1.29 is 8.42 Å². The van der Waals surface area contributed by atoms with Crippen LogP contribution in [0.25, 0.3) is 0 Å². The second-order valence-electron chi connectivity index (χ2n) is 4.37. The van der Waals surface area contributed by atoms with Gasteiger partial charge in [-0.2, -0.15) is 18.4 Å². The van der Waals surface area contributed by atoms with E-state index in [4.69, 9.17) is 0 Å². The number of hydrogen-bond acceptors (Lipinski definition) is 4. The molecule has 0 amide bonds. The van der Waals surface area contributed by atoms with Gasteiger partial charge in [-0.15, -0.1) is 11.3 Å². The molecule has 7 heteroatoms. The van der Waals surface area contributed by atoms with Gasteiger partial charge in [0.05, 0.1) is 15.5 Å². The molecule has 21 heavy (non-hydrogen) atoms. The molecule has 0 saturated carbocycles. The van der Waals surface area contributed by atoms with Crippen LogP contribution in [0.1, 0.15) is 23.6 Å². The van der Waals surface area contributed by atoms with Crippen LogP contribution in [-0.2, 0) is 16.4 Å². The van der Waals surface area contributed by atoms with E-state index < -0.39 is 10.0 Å². The number of hydrogen-bond donors (Lipinski definition) is 1. The third-order valence-corrected chi connectivity index (χ3v) is 5.92. The Hall–Kier alpha value is -1.18. The van der Waals surface area contributed by atoms with Crippen LogP contribution in [0.2, 0.25) is 0 Å². The molecule has 1 N–H and O–H groups in total. The van der Waals surface area contributed by atoms with Crippen molar-refractivity contribution in [3.63, 3.8) is 0 Å². The largest absolute Gasteiger partial charge is 0.276 e. The van der Waals surface area contributed by atoms with Gasteiger partial charge in [0.2, 0.25) is 0 Å². The number of hydrazone groups is 1. The van der Waals surface area contributed by atoms with Crippen LogP contribution in [0.3, 0.4) is 0 Å². The van der Waals surface area contributed by atoms with Gasteiger partial charge in [-0.3, -0.25) is 0 Å². The summed E-state index contributed by atoms with van der Waals surface area (Å²) in [5, 5.41) is 3.99. The maximum absolute atomic E-state index is 12.1. The molecule has 2 rings (SSSR count). The second-order valence-corrected chi connectivity index (χ2v) is 8.11. The molecule has 0 aliphatic rings. The zero-order valence-corrected chi connectivity index (χ0v) is 14.8. The number of nitrogens with zero attached hydrogens (tertiary/aromatic N) is 1. The molecule has 0 aliphatic carbocycles. The van der Waals surface area contributed by atoms with E-state index in [-0.39, 0.29) is 4.90 Å². The van der Waals surface area contributed by atoms with E-state index in [1.54, 1.807) is 30.4 Å². The van der Waals surface area contributed by atoms with Gasteiger partial charge in [-0.1, -0.05) is 22.9 Å². The first kappa shape index (κ1) is 16.2. The summed E-state index contributed by atoms with van der Waals surface area (Å²) in [6.45, 7) is 3.87. The molecule has 1 aromatic carbocycles. The summed E-state index contributed by atoms with van der Waals surface area (Å²) in [6.07, 6.45) is 0.961. The van der Waals surface area contributed by atoms with E-state index in [0.29, 0.717) is 5.71 Å². The highest BCUT2D eigenvalue weighted by molar-refractivity contribution is 9.10. The molecular weight excluding hydrogens is 372 g/mol. The van der Waals surface area contributed by atoms with Crippen LogP contribution < -0.4 is 4.83 Å². The van der Waals surface area contributed by atoms with Crippen molar-refractivity contribution in [2.45, 2.75) is 25.2 Å². The lowest BCUT2D eigenvalue weighted by atomic mass is 10.3. The molecule has 4 nitrogen and oxygen atoms in total. The van der Waals surface area contributed by atoms with E-state index in [9.17, 15) is 8.42 Å². The number of halogens is 1. The predicted molar refractivity (Wildman–Crippen MR) is 90.4 cm³/mol. The molecule has 0 spiro atoms. The fourth-order valence-electron chi connectivity index (χ4n) is 1.61. The molecule has 0 fully saturated rings. The summed E-state index contributed by atoms with van der Waals surface area (Å²) in [6, 6.07) is 10.4. The van der Waals surface area contributed by atoms with Crippen LogP contribution >= 0.6 is 27.3 Å². The Kier molecular flexibility index (Phi) is 5.18. The third kappa shape index (κ3) is 4.15. The van der Waals surface area contributed by atoms with Crippen molar-refractivity contribution in [2.24, 2.45) is 5.10 Å². The van der Waals surface area contributed by atoms with E-state index in [1.807, 2.05) is 12.1 Å². The van der Waals surface area contributed by atoms with Crippen LogP contribution in [-0.4, -0.2) is 14.1 Å². The van der Waals surface area contributed by atoms with Crippen molar-refractivity contribution in [1.29, 1.82) is 0 Å². The summed E-state index contributed by atoms with van der Waals surface area (Å²) in [7, 11) is -3.63. The Labute approximate surface area is 137 Å². The lowest BCUT2D eigenvalue weighted by molar-refractivity contribution is 0.584. The molecule has 0 bridgehead atoms. The lowest BCUT2D eigenvalue weighted by Gasteiger charge is -2.04. The standard InChI is InChI=1S/C14H15BrN2O2S2/c1-3-12-6-9-14(20-12)10(2)16-17-21(18,19)13-7-4-11(15)5-8-13/h4-9,17H,3H2,1-2H3/b16-10+. The van der Waals surface area contributed by atoms with Gasteiger partial charge >= 0.3 is 0 Å². The molecule has 0 radical (unpaired) electrons. The normalized spacial score (nSPS) is 12.4. The van der Waals surface area contributed by atoms with Crippen molar-refractivity contribution >= 4 is 43.0 Å². The lowest BCUT2D eigenvalue weighted by Crippen LogP contribution is -2.19. The highest BCUT2D eigenvalue weighted by atomic mass is 79.9. The number of sulfonamides is 1. The topological polar surface area (TPSA) is 58.5 Å². The summed E-state index contributed by atoms with van der Waals surface area (Å²) >= 11 is 4.89. The maximum atomic E-state index is 12.1. The van der Waals surface area contributed by atoms with Gasteiger partial charge in [0, 0.05) is 9.35 Å². The van der Waals surface area contributed by atoms with Crippen molar-refractivity contribution in [1.82, 2.24) is 4.83 Å². The monoisotopic (exact) mass is 386 g/mol. The molecule has 2 aromatic rings. The Morgan fingerprint density at radius 1 is 1.24 bits per heavy atom. The van der Waals surface area contributed by atoms with Crippen molar-refractivity contribution in [2.75, 3.05) is 0 Å². The number of nitrogens with one attached hydrogen (secondary N) is 1. The average molecular weight is 387 g/mol. The minimum Gasteiger partial charge on any atom is -0.200 e. The van der Waals surface area contributed by atoms with Crippen LogP contribution in [0, 0.1) is 0 Å². The first-order valence-electron chi connectivity index (χ1n) is 6.33. The summed E-state index contributed by atoms with van der Waals surface area (Å²) in [4.78, 5) is 4.66. The van der Waals surface area contributed by atoms with Gasteiger partial charge in [-0.25, -0.2) is 0 Å². The van der Waals surface area contributed by atoms with E-state index >= 15 is 0 Å². The van der Waals surface area contributed by atoms with Crippen LogP contribution in [0.5, 0.6) is 0 Å². The smallest absolute Gasteiger partial charge is 0.200 e. The summed E-state index contributed by atoms with van der Waals surface area (Å²) in [5.74, 6) is 0. The number of aryl methyl sites for hydroxylation is 1. The summed E-state index contributed by atoms with van der Waals surface area (Å²) < 4.78 is 25.0. The Bertz CT molecular complexity index is 750. The van der Waals surface area contributed by atoms with Crippen molar-refractivity contribution in [3.05, 3.63) is 50.6 Å². The quantitative estimate of drug-likeness (QED) is 0.627. The minimum absolute atomic E-state index is 0.183. The molecule has 0 aliphatic heterocycles. The number of rotatable bonds is 5. The fourth-order valence-corrected chi connectivity index (χ4v) is 3.63. The second kappa shape index (κ2) is 6.72. The summed E-state index contributed by atoms with van der Waals surface area (Å²) in [5.41, 5.74) is 0.653. The number of benzene rings is 1. The first-order valence-corrected chi connectivity index (χ1v) is 9.42. The SMILES string of the molecule is CCc1ccc(/C(C)=N/NS(=O)(=O)c2ccc(Br)cc2)s1. The highest BCUT2D eigenvalue weighted by Gasteiger charge is 2.13. The Balaban J connectivity index is 2.16. The average Bonchev–Trinajstić information content (AvgIpc) is 2.94. The number of thiophene rings is 1. The fraction of sp³-hybridized carbons (Fsp3) is 0.214. The molecule has 0 unspecified atom stereocenters. The maximum Gasteiger partial charge on any atom is 0.276 e. The first-order chi connectivity index (χ1) is 9.92. The Morgan fingerprint density at radius 2 is 1.90 bits per heavy atom. The predicted octanol–water partition coefficient (Wildman–Crippen LogP) is 3.78. The zero-order valence-electron chi connectivity index (χ0n) is 11.6. The van der Waals surface area contributed by atoms with Gasteiger partial charge in [0.1, 0.15) is 0 Å². The molecule has 0 atom stereocenters. The van der Waals surface area contributed by atoms with Crippen molar-refractivity contribution in [3.8, 4) is 0 Å². The Morgan fingerprint density at radius 3 is 2.48 bits per heavy atom. The van der Waals surface area contributed by atoms with Gasteiger partial charge in [0.25, 0.3) is 10.0 Å². The van der Waals surface area contributed by atoms with Gasteiger partial charge < -0.3 is 0 Å². The molecule has 112 valence electrons. The van der Waals surface area contributed by atoms with Crippen LogP contribution in [0.4, 0.5) is 0 Å². The highest BCUT2D eigenvalue weighted by Crippen LogP contribution is 2.18. The molecular formula is C14H15BrN2O2S2.